The molecule has 0 saturated heterocycles. The van der Waals surface area contributed by atoms with Crippen LogP contribution in [0, 0.1) is 0 Å². The normalized spacial score (nSPS) is 23.7. The molecule has 1 aliphatic carbocycles. The zero-order valence-corrected chi connectivity index (χ0v) is 11.3. The van der Waals surface area contributed by atoms with Crippen LogP contribution >= 0.6 is 0 Å². The minimum atomic E-state index is -0.160. The van der Waals surface area contributed by atoms with Gasteiger partial charge in [-0.15, -0.1) is 0 Å². The van der Waals surface area contributed by atoms with Gasteiger partial charge in [0.15, 0.2) is 0 Å². The third kappa shape index (κ3) is 2.81. The van der Waals surface area contributed by atoms with E-state index in [1.165, 1.54) is 24.8 Å². The van der Waals surface area contributed by atoms with Gasteiger partial charge in [-0.1, -0.05) is 43.5 Å². The third-order valence-corrected chi connectivity index (χ3v) is 4.32. The van der Waals surface area contributed by atoms with Gasteiger partial charge >= 0.3 is 0 Å². The molecule has 19 heavy (non-hydrogen) atoms. The summed E-state index contributed by atoms with van der Waals surface area (Å²) in [4.78, 5) is 12.5. The molecule has 1 aromatic rings. The van der Waals surface area contributed by atoms with Crippen LogP contribution in [0.5, 0.6) is 0 Å². The molecule has 0 aromatic heterocycles. The summed E-state index contributed by atoms with van der Waals surface area (Å²) in [6, 6.07) is 8.51. The predicted molar refractivity (Wildman–Crippen MR) is 75.9 cm³/mol. The summed E-state index contributed by atoms with van der Waals surface area (Å²) in [6.07, 6.45) is 7.11. The number of nitrogens with one attached hydrogen (secondary N) is 2. The Morgan fingerprint density at radius 1 is 1.16 bits per heavy atom. The number of amides is 1. The van der Waals surface area contributed by atoms with Crippen LogP contribution in [-0.2, 0) is 11.2 Å². The lowest BCUT2D eigenvalue weighted by molar-refractivity contribution is -0.124. The number of carbonyl (C=O) groups excluding carboxylic acids is 1. The van der Waals surface area contributed by atoms with Gasteiger partial charge in [-0.25, -0.2) is 0 Å². The fourth-order valence-electron chi connectivity index (χ4n) is 3.27. The second-order valence-electron chi connectivity index (χ2n) is 5.68. The first kappa shape index (κ1) is 12.7. The molecule has 2 N–H and O–H groups in total. The Morgan fingerprint density at radius 2 is 1.95 bits per heavy atom. The second kappa shape index (κ2) is 5.74. The fourth-order valence-corrected chi connectivity index (χ4v) is 3.27. The Hall–Kier alpha value is -1.35. The van der Waals surface area contributed by atoms with E-state index in [9.17, 15) is 4.79 Å². The Bertz CT molecular complexity index is 452. The molecule has 1 unspecified atom stereocenters. The van der Waals surface area contributed by atoms with Crippen molar-refractivity contribution in [3.05, 3.63) is 35.4 Å². The van der Waals surface area contributed by atoms with Crippen molar-refractivity contribution in [1.29, 1.82) is 0 Å². The van der Waals surface area contributed by atoms with Crippen molar-refractivity contribution >= 4 is 5.91 Å². The summed E-state index contributed by atoms with van der Waals surface area (Å²) in [7, 11) is 0. The van der Waals surface area contributed by atoms with Crippen molar-refractivity contribution in [2.24, 2.45) is 0 Å². The first-order valence-electron chi connectivity index (χ1n) is 7.46. The Labute approximate surface area is 114 Å². The number of hydrogen-bond acceptors (Lipinski definition) is 2. The van der Waals surface area contributed by atoms with Crippen molar-refractivity contribution in [3.8, 4) is 0 Å². The van der Waals surface area contributed by atoms with Crippen LogP contribution in [0.1, 0.15) is 49.3 Å². The fraction of sp³-hybridized carbons (Fsp3) is 0.562. The molecular formula is C16H22N2O. The number of hydrogen-bond donors (Lipinski definition) is 2. The number of carbonyl (C=O) groups is 1. The summed E-state index contributed by atoms with van der Waals surface area (Å²) >= 11 is 0. The standard InChI is InChI=1S/C16H22N2O/c19-16(18-13-7-2-1-3-8-13)15-14-9-5-4-6-12(14)10-11-17-15/h4-6,9,13,15,17H,1-3,7-8,10-11H2,(H,18,19). The van der Waals surface area contributed by atoms with Gasteiger partial charge < -0.3 is 10.6 Å². The molecule has 0 bridgehead atoms. The minimum absolute atomic E-state index is 0.152. The van der Waals surface area contributed by atoms with E-state index in [2.05, 4.69) is 28.8 Å². The van der Waals surface area contributed by atoms with E-state index in [0.717, 1.165) is 31.4 Å². The zero-order valence-electron chi connectivity index (χ0n) is 11.3. The van der Waals surface area contributed by atoms with Crippen LogP contribution in [-0.4, -0.2) is 18.5 Å². The smallest absolute Gasteiger partial charge is 0.241 e. The molecular weight excluding hydrogens is 236 g/mol. The van der Waals surface area contributed by atoms with E-state index >= 15 is 0 Å². The van der Waals surface area contributed by atoms with Crippen LogP contribution in [0.4, 0.5) is 0 Å². The quantitative estimate of drug-likeness (QED) is 0.855. The van der Waals surface area contributed by atoms with Gasteiger partial charge in [0.2, 0.25) is 5.91 Å². The molecule has 0 spiro atoms. The van der Waals surface area contributed by atoms with Gasteiger partial charge in [0, 0.05) is 12.6 Å². The van der Waals surface area contributed by atoms with Crippen molar-refractivity contribution in [3.63, 3.8) is 0 Å². The van der Waals surface area contributed by atoms with E-state index in [4.69, 9.17) is 0 Å². The number of fused-ring (bicyclic) bond motifs is 1. The molecule has 0 radical (unpaired) electrons. The summed E-state index contributed by atoms with van der Waals surface area (Å²) < 4.78 is 0. The molecule has 3 heteroatoms. The summed E-state index contributed by atoms with van der Waals surface area (Å²) in [5, 5.41) is 6.58. The van der Waals surface area contributed by atoms with Crippen LogP contribution in [0.15, 0.2) is 24.3 Å². The summed E-state index contributed by atoms with van der Waals surface area (Å²) in [5.74, 6) is 0.152. The zero-order chi connectivity index (χ0) is 13.1. The highest BCUT2D eigenvalue weighted by Gasteiger charge is 2.27. The van der Waals surface area contributed by atoms with Gasteiger partial charge in [-0.3, -0.25) is 4.79 Å². The number of benzene rings is 1. The topological polar surface area (TPSA) is 41.1 Å². The average Bonchev–Trinajstić information content (AvgIpc) is 2.47. The first-order chi connectivity index (χ1) is 9.34. The lowest BCUT2D eigenvalue weighted by Gasteiger charge is -2.29. The van der Waals surface area contributed by atoms with Gasteiger partial charge in [0.25, 0.3) is 0 Å². The largest absolute Gasteiger partial charge is 0.352 e. The lowest BCUT2D eigenvalue weighted by atomic mass is 9.92. The SMILES string of the molecule is O=C(NC1CCCCC1)C1NCCc2ccccc21. The van der Waals surface area contributed by atoms with Gasteiger partial charge in [0.05, 0.1) is 0 Å². The lowest BCUT2D eigenvalue weighted by Crippen LogP contribution is -2.45. The average molecular weight is 258 g/mol. The highest BCUT2D eigenvalue weighted by atomic mass is 16.2. The van der Waals surface area contributed by atoms with Crippen molar-refractivity contribution < 1.29 is 4.79 Å². The Morgan fingerprint density at radius 3 is 2.79 bits per heavy atom. The maximum Gasteiger partial charge on any atom is 0.241 e. The predicted octanol–water partition coefficient (Wildman–Crippen LogP) is 2.32. The highest BCUT2D eigenvalue weighted by Crippen LogP contribution is 2.24. The molecule has 1 aromatic carbocycles. The van der Waals surface area contributed by atoms with E-state index < -0.39 is 0 Å². The minimum Gasteiger partial charge on any atom is -0.352 e. The molecule has 1 fully saturated rings. The van der Waals surface area contributed by atoms with Crippen LogP contribution in [0.2, 0.25) is 0 Å². The van der Waals surface area contributed by atoms with Crippen LogP contribution in [0.3, 0.4) is 0 Å². The van der Waals surface area contributed by atoms with Gasteiger partial charge in [0.1, 0.15) is 6.04 Å². The molecule has 102 valence electrons. The molecule has 1 saturated carbocycles. The second-order valence-corrected chi connectivity index (χ2v) is 5.68. The van der Waals surface area contributed by atoms with E-state index in [1.54, 1.807) is 0 Å². The van der Waals surface area contributed by atoms with E-state index in [-0.39, 0.29) is 11.9 Å². The molecule has 3 nitrogen and oxygen atoms in total. The van der Waals surface area contributed by atoms with Gasteiger partial charge in [-0.05, 0) is 30.4 Å². The molecule has 1 aliphatic heterocycles. The summed E-state index contributed by atoms with van der Waals surface area (Å²) in [5.41, 5.74) is 2.46. The molecule has 2 aliphatic rings. The Balaban J connectivity index is 1.70. The molecule has 1 atom stereocenters. The van der Waals surface area contributed by atoms with Crippen LogP contribution < -0.4 is 10.6 Å². The van der Waals surface area contributed by atoms with Crippen LogP contribution in [0.25, 0.3) is 0 Å². The molecule has 1 amide bonds. The van der Waals surface area contributed by atoms with Crippen molar-refractivity contribution in [1.82, 2.24) is 10.6 Å². The molecule has 1 heterocycles. The maximum absolute atomic E-state index is 12.5. The summed E-state index contributed by atoms with van der Waals surface area (Å²) in [6.45, 7) is 0.889. The number of rotatable bonds is 2. The monoisotopic (exact) mass is 258 g/mol. The maximum atomic E-state index is 12.5. The Kier molecular flexibility index (Phi) is 3.83. The van der Waals surface area contributed by atoms with Crippen molar-refractivity contribution in [2.75, 3.05) is 6.54 Å². The van der Waals surface area contributed by atoms with Crippen molar-refractivity contribution in [2.45, 2.75) is 50.6 Å². The van der Waals surface area contributed by atoms with E-state index in [1.807, 2.05) is 6.07 Å². The van der Waals surface area contributed by atoms with Gasteiger partial charge in [-0.2, -0.15) is 0 Å². The molecule has 3 rings (SSSR count). The highest BCUT2D eigenvalue weighted by molar-refractivity contribution is 5.84. The van der Waals surface area contributed by atoms with E-state index in [0.29, 0.717) is 6.04 Å². The first-order valence-corrected chi connectivity index (χ1v) is 7.46. The third-order valence-electron chi connectivity index (χ3n) is 4.32.